The van der Waals surface area contributed by atoms with E-state index >= 15 is 0 Å². The molecular formula is C20H25ClNO2-. The van der Waals surface area contributed by atoms with Gasteiger partial charge in [-0.25, -0.2) is 0 Å². The number of hydrogen-bond donors (Lipinski definition) is 1. The summed E-state index contributed by atoms with van der Waals surface area (Å²) < 4.78 is 0. The van der Waals surface area contributed by atoms with Crippen LogP contribution in [0.15, 0.2) is 12.1 Å². The van der Waals surface area contributed by atoms with Crippen molar-refractivity contribution in [1.82, 2.24) is 0 Å². The summed E-state index contributed by atoms with van der Waals surface area (Å²) in [7, 11) is 0. The van der Waals surface area contributed by atoms with E-state index in [4.69, 9.17) is 11.6 Å². The predicted molar refractivity (Wildman–Crippen MR) is 94.3 cm³/mol. The summed E-state index contributed by atoms with van der Waals surface area (Å²) in [6.07, 6.45) is 6.14. The van der Waals surface area contributed by atoms with Crippen molar-refractivity contribution in [2.24, 2.45) is 23.7 Å². The van der Waals surface area contributed by atoms with Crippen LogP contribution >= 0.6 is 11.6 Å². The van der Waals surface area contributed by atoms with Crippen molar-refractivity contribution in [2.75, 3.05) is 5.32 Å². The second kappa shape index (κ2) is 5.94. The molecule has 0 unspecified atom stereocenters. The number of rotatable bonds is 4. The largest absolute Gasteiger partial charge is 0.545 e. The molecule has 1 heterocycles. The lowest BCUT2D eigenvalue weighted by Crippen LogP contribution is -2.46. The molecule has 2 aliphatic carbocycles. The van der Waals surface area contributed by atoms with Crippen LogP contribution in [-0.2, 0) is 0 Å². The number of benzene rings is 1. The van der Waals surface area contributed by atoms with Crippen molar-refractivity contribution in [3.05, 3.63) is 28.3 Å². The van der Waals surface area contributed by atoms with E-state index in [2.05, 4.69) is 19.2 Å². The predicted octanol–water partition coefficient (Wildman–Crippen LogP) is 4.06. The molecule has 2 bridgehead atoms. The highest BCUT2D eigenvalue weighted by atomic mass is 35.5. The molecule has 0 radical (unpaired) electrons. The van der Waals surface area contributed by atoms with E-state index in [1.807, 2.05) is 6.07 Å². The number of carboxylic acid groups (broad SMARTS) is 1. The van der Waals surface area contributed by atoms with Crippen LogP contribution in [0.5, 0.6) is 0 Å². The first kappa shape index (κ1) is 16.3. The van der Waals surface area contributed by atoms with Gasteiger partial charge < -0.3 is 15.2 Å². The fraction of sp³-hybridized carbons (Fsp3) is 0.650. The monoisotopic (exact) mass is 346 g/mol. The minimum Gasteiger partial charge on any atom is -0.545 e. The number of aromatic carboxylic acids is 1. The molecule has 1 aromatic carbocycles. The maximum atomic E-state index is 11.7. The van der Waals surface area contributed by atoms with Gasteiger partial charge in [0.2, 0.25) is 0 Å². The zero-order valence-electron chi connectivity index (χ0n) is 14.3. The Hall–Kier alpha value is -1.22. The van der Waals surface area contributed by atoms with Gasteiger partial charge in [-0.15, -0.1) is 0 Å². The Morgan fingerprint density at radius 1 is 1.29 bits per heavy atom. The van der Waals surface area contributed by atoms with E-state index in [0.29, 0.717) is 34.7 Å². The molecule has 3 nitrogen and oxygen atoms in total. The van der Waals surface area contributed by atoms with Gasteiger partial charge in [-0.2, -0.15) is 0 Å². The van der Waals surface area contributed by atoms with Crippen molar-refractivity contribution < 1.29 is 9.90 Å². The van der Waals surface area contributed by atoms with Crippen LogP contribution < -0.4 is 10.4 Å². The third-order valence-electron chi connectivity index (χ3n) is 6.98. The van der Waals surface area contributed by atoms with Crippen LogP contribution in [0.25, 0.3) is 0 Å². The van der Waals surface area contributed by atoms with Gasteiger partial charge in [-0.05, 0) is 66.5 Å². The van der Waals surface area contributed by atoms with Gasteiger partial charge in [0, 0.05) is 22.3 Å². The van der Waals surface area contributed by atoms with E-state index in [9.17, 15) is 9.90 Å². The number of carbonyl (C=O) groups is 1. The van der Waals surface area contributed by atoms with E-state index in [0.717, 1.165) is 30.0 Å². The third-order valence-corrected chi connectivity index (χ3v) is 7.19. The Labute approximate surface area is 148 Å². The average molecular weight is 347 g/mol. The molecule has 2 saturated carbocycles. The molecule has 1 aromatic rings. The number of halogens is 1. The molecule has 5 atom stereocenters. The van der Waals surface area contributed by atoms with Crippen molar-refractivity contribution in [3.63, 3.8) is 0 Å². The van der Waals surface area contributed by atoms with Crippen LogP contribution in [0.1, 0.15) is 67.8 Å². The smallest absolute Gasteiger partial charge is 0.0736 e. The van der Waals surface area contributed by atoms with Gasteiger partial charge in [0.15, 0.2) is 0 Å². The number of carboxylic acids is 1. The van der Waals surface area contributed by atoms with Crippen LogP contribution in [0.2, 0.25) is 5.02 Å². The molecule has 4 rings (SSSR count). The number of hydrogen-bond acceptors (Lipinski definition) is 3. The quantitative estimate of drug-likeness (QED) is 0.894. The molecule has 0 spiro atoms. The van der Waals surface area contributed by atoms with Gasteiger partial charge in [-0.3, -0.25) is 0 Å². The highest BCUT2D eigenvalue weighted by Gasteiger charge is 2.54. The lowest BCUT2D eigenvalue weighted by molar-refractivity contribution is -0.254. The summed E-state index contributed by atoms with van der Waals surface area (Å²) >= 11 is 6.25. The topological polar surface area (TPSA) is 52.2 Å². The number of nitrogens with one attached hydrogen (secondary N) is 1. The molecular weight excluding hydrogens is 322 g/mol. The Morgan fingerprint density at radius 2 is 2.00 bits per heavy atom. The Morgan fingerprint density at radius 3 is 2.67 bits per heavy atom. The molecule has 0 saturated heterocycles. The van der Waals surface area contributed by atoms with Crippen molar-refractivity contribution in [2.45, 2.75) is 57.9 Å². The molecule has 0 aromatic heterocycles. The minimum absolute atomic E-state index is 0.231. The average Bonchev–Trinajstić information content (AvgIpc) is 3.17. The molecule has 4 heteroatoms. The first-order chi connectivity index (χ1) is 11.5. The summed E-state index contributed by atoms with van der Waals surface area (Å²) in [5, 5.41) is 15.8. The Balaban J connectivity index is 1.86. The van der Waals surface area contributed by atoms with Crippen LogP contribution in [-0.4, -0.2) is 12.0 Å². The zero-order chi connectivity index (χ0) is 17.0. The van der Waals surface area contributed by atoms with E-state index in [-0.39, 0.29) is 5.56 Å². The van der Waals surface area contributed by atoms with Gasteiger partial charge >= 0.3 is 0 Å². The standard InChI is InChI=1S/C20H26ClNO2/c1-3-10(4-2)18-17-12-6-5-11(7-12)16(17)14-8-13(21)9-15(20(23)24)19(14)22-18/h8-12,16-18,22H,3-7H2,1-2H3,(H,23,24)/p-1/t11-,12-,16+,17-,18+/m0/s1. The Bertz CT molecular complexity index is 670. The van der Waals surface area contributed by atoms with E-state index in [1.54, 1.807) is 6.07 Å². The fourth-order valence-electron chi connectivity index (χ4n) is 6.02. The van der Waals surface area contributed by atoms with Crippen molar-refractivity contribution in [1.29, 1.82) is 0 Å². The highest BCUT2D eigenvalue weighted by Crippen LogP contribution is 2.62. The Kier molecular flexibility index (Phi) is 4.03. The first-order valence-electron chi connectivity index (χ1n) is 9.36. The molecule has 2 fully saturated rings. The summed E-state index contributed by atoms with van der Waals surface area (Å²) in [6, 6.07) is 3.91. The van der Waals surface area contributed by atoms with Crippen LogP contribution in [0, 0.1) is 23.7 Å². The summed E-state index contributed by atoms with van der Waals surface area (Å²) in [5.74, 6) is 1.99. The second-order valence-corrected chi connectivity index (χ2v) is 8.32. The SMILES string of the molecule is CCC(CC)[C@H]1Nc2c(C(=O)[O-])cc(Cl)cc2[C@H]2[C@H]3CC[C@@H](C3)[C@@H]21. The fourth-order valence-corrected chi connectivity index (χ4v) is 6.24. The molecule has 3 aliphatic rings. The highest BCUT2D eigenvalue weighted by molar-refractivity contribution is 6.31. The minimum atomic E-state index is -1.13. The van der Waals surface area contributed by atoms with E-state index in [1.165, 1.54) is 19.3 Å². The van der Waals surface area contributed by atoms with Gasteiger partial charge in [-0.1, -0.05) is 38.3 Å². The van der Waals surface area contributed by atoms with Crippen molar-refractivity contribution >= 4 is 23.3 Å². The summed E-state index contributed by atoms with van der Waals surface area (Å²) in [6.45, 7) is 4.49. The number of carbonyl (C=O) groups excluding carboxylic acids is 1. The summed E-state index contributed by atoms with van der Waals surface area (Å²) in [4.78, 5) is 11.7. The molecule has 130 valence electrons. The maximum Gasteiger partial charge on any atom is 0.0736 e. The maximum absolute atomic E-state index is 11.7. The zero-order valence-corrected chi connectivity index (χ0v) is 15.1. The van der Waals surface area contributed by atoms with Gasteiger partial charge in [0.1, 0.15) is 0 Å². The van der Waals surface area contributed by atoms with Gasteiger partial charge in [0.05, 0.1) is 5.97 Å². The lowest BCUT2D eigenvalue weighted by Gasteiger charge is -2.47. The van der Waals surface area contributed by atoms with Crippen molar-refractivity contribution in [3.8, 4) is 0 Å². The molecule has 24 heavy (non-hydrogen) atoms. The molecule has 1 N–H and O–H groups in total. The second-order valence-electron chi connectivity index (χ2n) is 7.89. The van der Waals surface area contributed by atoms with Crippen LogP contribution in [0.3, 0.4) is 0 Å². The third kappa shape index (κ3) is 2.28. The normalized spacial score (nSPS) is 33.2. The van der Waals surface area contributed by atoms with Crippen LogP contribution in [0.4, 0.5) is 5.69 Å². The van der Waals surface area contributed by atoms with E-state index < -0.39 is 5.97 Å². The number of anilines is 1. The lowest BCUT2D eigenvalue weighted by atomic mass is 9.65. The summed E-state index contributed by atoms with van der Waals surface area (Å²) in [5.41, 5.74) is 2.14. The first-order valence-corrected chi connectivity index (χ1v) is 9.74. The number of fused-ring (bicyclic) bond motifs is 7. The van der Waals surface area contributed by atoms with Gasteiger partial charge in [0.25, 0.3) is 0 Å². The molecule has 1 aliphatic heterocycles. The molecule has 0 amide bonds.